The molecule has 24 heavy (non-hydrogen) atoms. The van der Waals surface area contributed by atoms with E-state index in [1.165, 1.54) is 0 Å². The van der Waals surface area contributed by atoms with Crippen LogP contribution in [0.3, 0.4) is 0 Å². The summed E-state index contributed by atoms with van der Waals surface area (Å²) in [4.78, 5) is 26.4. The van der Waals surface area contributed by atoms with Crippen LogP contribution in [0.15, 0.2) is 18.2 Å². The fraction of sp³-hybridized carbons (Fsp3) is 0.556. The van der Waals surface area contributed by atoms with Crippen LogP contribution < -0.4 is 14.8 Å². The monoisotopic (exact) mass is 330 g/mol. The summed E-state index contributed by atoms with van der Waals surface area (Å²) in [6.07, 6.45) is 4.65. The molecule has 6 nitrogen and oxygen atoms in total. The number of benzene rings is 1. The molecule has 2 atom stereocenters. The number of carbonyl (C=O) groups is 2. The standard InChI is InChI=1S/C18H22N2O4/c1-20-15-3-2-7-18(15,8-6-16(20)21)10-19-17(22)12-4-5-13-14(9-12)24-11-23-13/h4-5,9,15H,2-3,6-8,10-11H2,1H3,(H,19,22). The normalized spacial score (nSPS) is 28.0. The molecule has 0 radical (unpaired) electrons. The van der Waals surface area contributed by atoms with Crippen molar-refractivity contribution >= 4 is 11.8 Å². The lowest BCUT2D eigenvalue weighted by atomic mass is 9.74. The Morgan fingerprint density at radius 1 is 1.33 bits per heavy atom. The quantitative estimate of drug-likeness (QED) is 0.920. The minimum absolute atomic E-state index is 0.0225. The van der Waals surface area contributed by atoms with Gasteiger partial charge in [0.2, 0.25) is 12.7 Å². The van der Waals surface area contributed by atoms with Gasteiger partial charge in [-0.05, 0) is 37.5 Å². The molecule has 1 aliphatic carbocycles. The van der Waals surface area contributed by atoms with Gasteiger partial charge >= 0.3 is 0 Å². The number of ether oxygens (including phenoxy) is 2. The third kappa shape index (κ3) is 2.41. The molecule has 2 heterocycles. The molecule has 6 heteroatoms. The Hall–Kier alpha value is -2.24. The second kappa shape index (κ2) is 5.69. The molecular formula is C18H22N2O4. The van der Waals surface area contributed by atoms with E-state index in [9.17, 15) is 9.59 Å². The highest BCUT2D eigenvalue weighted by Crippen LogP contribution is 2.47. The highest BCUT2D eigenvalue weighted by Gasteiger charge is 2.49. The van der Waals surface area contributed by atoms with Crippen molar-refractivity contribution in [1.29, 1.82) is 0 Å². The molecule has 0 bridgehead atoms. The molecule has 1 saturated heterocycles. The van der Waals surface area contributed by atoms with Crippen molar-refractivity contribution in [3.8, 4) is 11.5 Å². The number of amides is 2. The highest BCUT2D eigenvalue weighted by molar-refractivity contribution is 5.95. The van der Waals surface area contributed by atoms with E-state index in [-0.39, 0.29) is 30.1 Å². The summed E-state index contributed by atoms with van der Waals surface area (Å²) in [6.45, 7) is 0.814. The Kier molecular flexibility index (Phi) is 3.62. The summed E-state index contributed by atoms with van der Waals surface area (Å²) >= 11 is 0. The molecule has 128 valence electrons. The molecule has 1 aromatic rings. The van der Waals surface area contributed by atoms with Crippen LogP contribution in [0.2, 0.25) is 0 Å². The van der Waals surface area contributed by atoms with Crippen LogP contribution in [0.5, 0.6) is 11.5 Å². The zero-order chi connectivity index (χ0) is 16.7. The number of nitrogens with one attached hydrogen (secondary N) is 1. The van der Waals surface area contributed by atoms with E-state index in [1.807, 2.05) is 11.9 Å². The molecule has 3 aliphatic rings. The van der Waals surface area contributed by atoms with E-state index in [0.717, 1.165) is 25.7 Å². The van der Waals surface area contributed by atoms with Gasteiger partial charge in [0.1, 0.15) is 0 Å². The molecule has 2 unspecified atom stereocenters. The first kappa shape index (κ1) is 15.3. The van der Waals surface area contributed by atoms with E-state index < -0.39 is 0 Å². The predicted octanol–water partition coefficient (Wildman–Crippen LogP) is 1.94. The van der Waals surface area contributed by atoms with Crippen molar-refractivity contribution in [1.82, 2.24) is 10.2 Å². The molecule has 2 aliphatic heterocycles. The van der Waals surface area contributed by atoms with Crippen LogP contribution in [-0.2, 0) is 4.79 Å². The largest absolute Gasteiger partial charge is 0.454 e. The highest BCUT2D eigenvalue weighted by atomic mass is 16.7. The Balaban J connectivity index is 1.46. The van der Waals surface area contributed by atoms with Crippen molar-refractivity contribution in [2.45, 2.75) is 38.1 Å². The summed E-state index contributed by atoms with van der Waals surface area (Å²) in [6, 6.07) is 5.48. The Morgan fingerprint density at radius 2 is 2.17 bits per heavy atom. The van der Waals surface area contributed by atoms with Crippen LogP contribution >= 0.6 is 0 Å². The summed E-state index contributed by atoms with van der Waals surface area (Å²) in [5.41, 5.74) is 0.597. The summed E-state index contributed by atoms with van der Waals surface area (Å²) < 4.78 is 10.6. The molecule has 1 N–H and O–H groups in total. The van der Waals surface area contributed by atoms with E-state index in [4.69, 9.17) is 9.47 Å². The van der Waals surface area contributed by atoms with E-state index in [0.29, 0.717) is 30.0 Å². The van der Waals surface area contributed by atoms with Gasteiger partial charge in [-0.3, -0.25) is 9.59 Å². The van der Waals surface area contributed by atoms with E-state index in [2.05, 4.69) is 5.32 Å². The van der Waals surface area contributed by atoms with Crippen molar-refractivity contribution in [2.24, 2.45) is 5.41 Å². The third-order valence-electron chi connectivity index (χ3n) is 5.79. The molecule has 1 aromatic carbocycles. The SMILES string of the molecule is CN1C(=O)CCC2(CNC(=O)c3ccc4c(c3)OCO4)CCCC12. The summed E-state index contributed by atoms with van der Waals surface area (Å²) in [7, 11) is 1.89. The first-order valence-corrected chi connectivity index (χ1v) is 8.53. The molecule has 0 spiro atoms. The van der Waals surface area contributed by atoms with Gasteiger partial charge in [-0.2, -0.15) is 0 Å². The van der Waals surface area contributed by atoms with E-state index in [1.54, 1.807) is 18.2 Å². The van der Waals surface area contributed by atoms with Crippen LogP contribution in [0.1, 0.15) is 42.5 Å². The molecule has 1 saturated carbocycles. The fourth-order valence-electron chi connectivity index (χ4n) is 4.41. The molecule has 0 aromatic heterocycles. The number of piperidine rings is 1. The Morgan fingerprint density at radius 3 is 3.04 bits per heavy atom. The number of hydrogen-bond acceptors (Lipinski definition) is 4. The van der Waals surface area contributed by atoms with Gasteiger partial charge in [-0.25, -0.2) is 0 Å². The fourth-order valence-corrected chi connectivity index (χ4v) is 4.41. The zero-order valence-electron chi connectivity index (χ0n) is 13.8. The maximum atomic E-state index is 12.5. The number of carbonyl (C=O) groups excluding carboxylic acids is 2. The molecular weight excluding hydrogens is 308 g/mol. The van der Waals surface area contributed by atoms with Gasteiger partial charge in [0, 0.05) is 37.0 Å². The van der Waals surface area contributed by atoms with Crippen LogP contribution in [0.25, 0.3) is 0 Å². The number of rotatable bonds is 3. The molecule has 4 rings (SSSR count). The smallest absolute Gasteiger partial charge is 0.251 e. The average Bonchev–Trinajstić information content (AvgIpc) is 3.23. The van der Waals surface area contributed by atoms with Gasteiger partial charge < -0.3 is 19.7 Å². The summed E-state index contributed by atoms with van der Waals surface area (Å²) in [5.74, 6) is 1.41. The third-order valence-corrected chi connectivity index (χ3v) is 5.79. The van der Waals surface area contributed by atoms with E-state index >= 15 is 0 Å². The Labute approximate surface area is 141 Å². The molecule has 2 amide bonds. The van der Waals surface area contributed by atoms with Gasteiger partial charge in [0.15, 0.2) is 11.5 Å². The second-order valence-electron chi connectivity index (χ2n) is 7.03. The van der Waals surface area contributed by atoms with Crippen molar-refractivity contribution < 1.29 is 19.1 Å². The van der Waals surface area contributed by atoms with Crippen LogP contribution in [0.4, 0.5) is 0 Å². The number of hydrogen-bond donors (Lipinski definition) is 1. The van der Waals surface area contributed by atoms with Crippen molar-refractivity contribution in [2.75, 3.05) is 20.4 Å². The maximum absolute atomic E-state index is 12.5. The van der Waals surface area contributed by atoms with Crippen LogP contribution in [0, 0.1) is 5.41 Å². The lowest BCUT2D eigenvalue weighted by molar-refractivity contribution is -0.139. The van der Waals surface area contributed by atoms with Gasteiger partial charge in [-0.1, -0.05) is 6.42 Å². The number of nitrogens with zero attached hydrogens (tertiary/aromatic N) is 1. The number of likely N-dealkylation sites (tertiary alicyclic amines) is 1. The molecule has 2 fully saturated rings. The van der Waals surface area contributed by atoms with Crippen LogP contribution in [-0.4, -0.2) is 43.1 Å². The van der Waals surface area contributed by atoms with Gasteiger partial charge in [0.25, 0.3) is 5.91 Å². The van der Waals surface area contributed by atoms with Gasteiger partial charge in [0.05, 0.1) is 0 Å². The number of fused-ring (bicyclic) bond motifs is 2. The first-order chi connectivity index (χ1) is 11.6. The maximum Gasteiger partial charge on any atom is 0.251 e. The van der Waals surface area contributed by atoms with Gasteiger partial charge in [-0.15, -0.1) is 0 Å². The first-order valence-electron chi connectivity index (χ1n) is 8.53. The lowest BCUT2D eigenvalue weighted by Crippen LogP contribution is -2.54. The van der Waals surface area contributed by atoms with Crippen molar-refractivity contribution in [3.05, 3.63) is 23.8 Å². The summed E-state index contributed by atoms with van der Waals surface area (Å²) in [5, 5.41) is 3.08. The van der Waals surface area contributed by atoms with Crippen molar-refractivity contribution in [3.63, 3.8) is 0 Å². The Bertz CT molecular complexity index is 690. The average molecular weight is 330 g/mol. The predicted molar refractivity (Wildman–Crippen MR) is 87.0 cm³/mol. The second-order valence-corrected chi connectivity index (χ2v) is 7.03. The topological polar surface area (TPSA) is 67.9 Å². The lowest BCUT2D eigenvalue weighted by Gasteiger charge is -2.44. The minimum Gasteiger partial charge on any atom is -0.454 e. The minimum atomic E-state index is -0.104. The zero-order valence-corrected chi connectivity index (χ0v) is 13.8.